The normalized spacial score (nSPS) is 14.8. The number of ether oxygens (including phenoxy) is 1. The summed E-state index contributed by atoms with van der Waals surface area (Å²) < 4.78 is 33.8. The number of hydrogen-bond acceptors (Lipinski definition) is 7. The van der Waals surface area contributed by atoms with E-state index in [0.717, 1.165) is 12.8 Å². The van der Waals surface area contributed by atoms with Crippen molar-refractivity contribution in [2.45, 2.75) is 24.7 Å². The lowest BCUT2D eigenvalue weighted by Gasteiger charge is -2.09. The van der Waals surface area contributed by atoms with Gasteiger partial charge in [0.25, 0.3) is 15.9 Å². The summed E-state index contributed by atoms with van der Waals surface area (Å²) in [7, 11) is -4.14. The number of nitrogens with one attached hydrogen (secondary N) is 1. The molecule has 1 fully saturated rings. The molecule has 0 unspecified atom stereocenters. The summed E-state index contributed by atoms with van der Waals surface area (Å²) in [5.41, 5.74) is 0.110. The van der Waals surface area contributed by atoms with Crippen molar-refractivity contribution in [1.82, 2.24) is 19.5 Å². The van der Waals surface area contributed by atoms with E-state index in [4.69, 9.17) is 16.3 Å². The van der Waals surface area contributed by atoms with E-state index in [9.17, 15) is 18.3 Å². The van der Waals surface area contributed by atoms with Gasteiger partial charge >= 0.3 is 0 Å². The van der Waals surface area contributed by atoms with Crippen LogP contribution in [0.25, 0.3) is 5.82 Å². The number of pyridine rings is 1. The molecule has 2 N–H and O–H groups in total. The molecule has 31 heavy (non-hydrogen) atoms. The lowest BCUT2D eigenvalue weighted by Crippen LogP contribution is -2.31. The zero-order chi connectivity index (χ0) is 22.2. The second-order valence-corrected chi connectivity index (χ2v) is 9.67. The Bertz CT molecular complexity index is 1240. The van der Waals surface area contributed by atoms with Crippen molar-refractivity contribution in [3.63, 3.8) is 0 Å². The van der Waals surface area contributed by atoms with Gasteiger partial charge in [-0.15, -0.1) is 5.10 Å². The fourth-order valence-electron chi connectivity index (χ4n) is 2.70. The summed E-state index contributed by atoms with van der Waals surface area (Å²) in [6.07, 6.45) is 3.92. The highest BCUT2D eigenvalue weighted by Gasteiger charge is 2.38. The molecular formula is C20H19ClN4O5S. The number of aromatic nitrogens is 3. The number of hydrogen-bond donors (Lipinski definition) is 2. The Morgan fingerprint density at radius 3 is 2.58 bits per heavy atom. The van der Waals surface area contributed by atoms with Gasteiger partial charge < -0.3 is 9.84 Å². The van der Waals surface area contributed by atoms with Crippen LogP contribution in [0.15, 0.2) is 53.6 Å². The number of benzene rings is 1. The van der Waals surface area contributed by atoms with Crippen molar-refractivity contribution in [2.24, 2.45) is 5.41 Å². The molecule has 11 heteroatoms. The Morgan fingerprint density at radius 2 is 1.94 bits per heavy atom. The third-order valence-corrected chi connectivity index (χ3v) is 6.56. The second kappa shape index (κ2) is 7.86. The predicted octanol–water partition coefficient (Wildman–Crippen LogP) is 2.92. The average molecular weight is 463 g/mol. The van der Waals surface area contributed by atoms with Crippen LogP contribution in [0.5, 0.6) is 11.6 Å². The molecule has 9 nitrogen and oxygen atoms in total. The maximum atomic E-state index is 12.5. The van der Waals surface area contributed by atoms with Crippen LogP contribution in [0.1, 0.15) is 30.1 Å². The first kappa shape index (κ1) is 21.1. The van der Waals surface area contributed by atoms with E-state index >= 15 is 0 Å². The molecule has 0 atom stereocenters. The highest BCUT2D eigenvalue weighted by Crippen LogP contribution is 2.44. The monoisotopic (exact) mass is 462 g/mol. The minimum atomic E-state index is -4.14. The van der Waals surface area contributed by atoms with E-state index in [-0.39, 0.29) is 26.8 Å². The summed E-state index contributed by atoms with van der Waals surface area (Å²) >= 11 is 6.13. The molecule has 0 aliphatic heterocycles. The minimum Gasteiger partial charge on any atom is -0.508 e. The standard InChI is InChI=1S/C20H19ClN4O5S/c1-20(9-10-20)12-30-17-8-11-25(23-17)16-7-6-15(18(21)22-16)19(27)24-31(28,29)14-4-2-13(26)3-5-14/h2-8,11,26H,9-10,12H2,1H3,(H,24,27). The van der Waals surface area contributed by atoms with Gasteiger partial charge in [0, 0.05) is 17.7 Å². The first-order valence-corrected chi connectivity index (χ1v) is 11.2. The van der Waals surface area contributed by atoms with Crippen molar-refractivity contribution in [2.75, 3.05) is 6.61 Å². The van der Waals surface area contributed by atoms with Crippen LogP contribution >= 0.6 is 11.6 Å². The molecule has 162 valence electrons. The summed E-state index contributed by atoms with van der Waals surface area (Å²) in [5, 5.41) is 13.4. The van der Waals surface area contributed by atoms with E-state index in [1.54, 1.807) is 12.3 Å². The number of amides is 1. The molecule has 0 bridgehead atoms. The van der Waals surface area contributed by atoms with Gasteiger partial charge in [0.15, 0.2) is 5.82 Å². The second-order valence-electron chi connectivity index (χ2n) is 7.63. The topological polar surface area (TPSA) is 123 Å². The number of aromatic hydroxyl groups is 1. The number of halogens is 1. The molecule has 1 saturated carbocycles. The maximum absolute atomic E-state index is 12.5. The Balaban J connectivity index is 1.47. The van der Waals surface area contributed by atoms with Crippen molar-refractivity contribution in [3.8, 4) is 17.4 Å². The number of phenolic OH excluding ortho intramolecular Hbond substituents is 1. The number of sulfonamides is 1. The fourth-order valence-corrected chi connectivity index (χ4v) is 3.90. The van der Waals surface area contributed by atoms with Gasteiger partial charge in [0.2, 0.25) is 5.88 Å². The van der Waals surface area contributed by atoms with Crippen LogP contribution in [0, 0.1) is 5.41 Å². The number of carbonyl (C=O) groups excluding carboxylic acids is 1. The molecule has 4 rings (SSSR count). The zero-order valence-corrected chi connectivity index (χ0v) is 18.0. The number of rotatable bonds is 7. The van der Waals surface area contributed by atoms with Crippen LogP contribution in [-0.4, -0.2) is 40.8 Å². The summed E-state index contributed by atoms with van der Waals surface area (Å²) in [5.74, 6) is -0.232. The fraction of sp³-hybridized carbons (Fsp3) is 0.250. The van der Waals surface area contributed by atoms with Crippen molar-refractivity contribution < 1.29 is 23.1 Å². The largest absolute Gasteiger partial charge is 0.508 e. The average Bonchev–Trinajstić information content (AvgIpc) is 3.26. The molecule has 3 aromatic rings. The molecular weight excluding hydrogens is 444 g/mol. The Hall–Kier alpha value is -3.11. The molecule has 0 radical (unpaired) electrons. The number of phenols is 1. The highest BCUT2D eigenvalue weighted by atomic mass is 35.5. The van der Waals surface area contributed by atoms with E-state index in [2.05, 4.69) is 17.0 Å². The zero-order valence-electron chi connectivity index (χ0n) is 16.4. The van der Waals surface area contributed by atoms with Crippen molar-refractivity contribution in [3.05, 3.63) is 59.4 Å². The van der Waals surface area contributed by atoms with Crippen LogP contribution in [0.3, 0.4) is 0 Å². The minimum absolute atomic E-state index is 0.0953. The quantitative estimate of drug-likeness (QED) is 0.517. The first-order valence-electron chi connectivity index (χ1n) is 9.37. The van der Waals surface area contributed by atoms with Gasteiger partial charge in [-0.25, -0.2) is 22.8 Å². The Labute approximate surface area is 183 Å². The molecule has 1 aliphatic carbocycles. The van der Waals surface area contributed by atoms with Crippen LogP contribution in [0.2, 0.25) is 5.15 Å². The van der Waals surface area contributed by atoms with Crippen LogP contribution < -0.4 is 9.46 Å². The lowest BCUT2D eigenvalue weighted by molar-refractivity contribution is 0.0981. The lowest BCUT2D eigenvalue weighted by atomic mass is 10.2. The smallest absolute Gasteiger partial charge is 0.268 e. The number of carbonyl (C=O) groups is 1. The molecule has 0 spiro atoms. The maximum Gasteiger partial charge on any atom is 0.268 e. The van der Waals surface area contributed by atoms with Crippen molar-refractivity contribution >= 4 is 27.5 Å². The van der Waals surface area contributed by atoms with E-state index < -0.39 is 15.9 Å². The molecule has 1 amide bonds. The van der Waals surface area contributed by atoms with Gasteiger partial charge in [-0.3, -0.25) is 4.79 Å². The summed E-state index contributed by atoms with van der Waals surface area (Å²) in [6.45, 7) is 2.74. The summed E-state index contributed by atoms with van der Waals surface area (Å²) in [6, 6.07) is 9.31. The number of nitrogens with zero attached hydrogens (tertiary/aromatic N) is 3. The SMILES string of the molecule is CC1(COc2ccn(-c3ccc(C(=O)NS(=O)(=O)c4ccc(O)cc4)c(Cl)n3)n2)CC1. The van der Waals surface area contributed by atoms with Gasteiger partial charge in [0.05, 0.1) is 17.1 Å². The highest BCUT2D eigenvalue weighted by molar-refractivity contribution is 7.90. The Morgan fingerprint density at radius 1 is 1.23 bits per heavy atom. The predicted molar refractivity (Wildman–Crippen MR) is 112 cm³/mol. The van der Waals surface area contributed by atoms with Gasteiger partial charge in [-0.1, -0.05) is 18.5 Å². The third-order valence-electron chi connectivity index (χ3n) is 4.92. The van der Waals surface area contributed by atoms with Crippen LogP contribution in [0.4, 0.5) is 0 Å². The van der Waals surface area contributed by atoms with E-state index in [1.165, 1.54) is 41.1 Å². The first-order chi connectivity index (χ1) is 14.7. The van der Waals surface area contributed by atoms with Crippen LogP contribution in [-0.2, 0) is 10.0 Å². The van der Waals surface area contributed by atoms with E-state index in [0.29, 0.717) is 18.3 Å². The molecule has 2 aromatic heterocycles. The third kappa shape index (κ3) is 4.80. The molecule has 1 aromatic carbocycles. The van der Waals surface area contributed by atoms with Crippen molar-refractivity contribution in [1.29, 1.82) is 0 Å². The molecule has 2 heterocycles. The van der Waals surface area contributed by atoms with E-state index in [1.807, 2.05) is 4.72 Å². The van der Waals surface area contributed by atoms with Gasteiger partial charge in [-0.05, 0) is 49.2 Å². The Kier molecular flexibility index (Phi) is 5.36. The summed E-state index contributed by atoms with van der Waals surface area (Å²) in [4.78, 5) is 16.4. The molecule has 1 aliphatic rings. The van der Waals surface area contributed by atoms with Gasteiger partial charge in [0.1, 0.15) is 10.9 Å². The van der Waals surface area contributed by atoms with Gasteiger partial charge in [-0.2, -0.15) is 0 Å². The molecule has 0 saturated heterocycles.